The molecular weight excluding hydrogens is 440 g/mol. The normalized spacial score (nSPS) is 38.5. The van der Waals surface area contributed by atoms with Gasteiger partial charge in [-0.25, -0.2) is 4.79 Å². The summed E-state index contributed by atoms with van der Waals surface area (Å²) in [4.78, 5) is 13.3. The van der Waals surface area contributed by atoms with Crippen LogP contribution in [0.3, 0.4) is 0 Å². The molecule has 1 aromatic carbocycles. The van der Waals surface area contributed by atoms with Crippen LogP contribution in [0.1, 0.15) is 116 Å². The van der Waals surface area contributed by atoms with Gasteiger partial charge in [-0.2, -0.15) is 0 Å². The first-order valence-corrected chi connectivity index (χ1v) is 15.2. The van der Waals surface area contributed by atoms with Crippen molar-refractivity contribution in [3.05, 3.63) is 47.5 Å². The van der Waals surface area contributed by atoms with Crippen molar-refractivity contribution in [3.63, 3.8) is 0 Å². The number of benzene rings is 1. The molecule has 0 bridgehead atoms. The first kappa shape index (κ1) is 26.1. The minimum Gasteiger partial charge on any atom is -0.458 e. The molecule has 4 aliphatic carbocycles. The zero-order chi connectivity index (χ0) is 25.5. The standard InChI is InChI=1S/C34H50O2/c1-23(2)12-11-13-24(3)31-30(36-32(35)25-14-7-6-8-15-25)22-29-27-18-17-26-16-9-10-20-33(26,4)28(27)19-21-34(29,31)5/h6-8,14-15,17,23-24,27-31H,9-13,16,18-22H2,1-5H3. The summed E-state index contributed by atoms with van der Waals surface area (Å²) in [6.45, 7) is 12.3. The minimum absolute atomic E-state index is 0.0463. The van der Waals surface area contributed by atoms with Gasteiger partial charge in [-0.1, -0.05) is 90.2 Å². The SMILES string of the molecule is CC(C)CCCC(C)C1C(OC(=O)c2ccccc2)CC2C3CC=C4CCCCC4(C)C3CCC21C. The number of ether oxygens (including phenoxy) is 1. The van der Waals surface area contributed by atoms with Gasteiger partial charge in [-0.05, 0) is 97.5 Å². The third-order valence-corrected chi connectivity index (χ3v) is 11.4. The number of carbonyl (C=O) groups is 1. The lowest BCUT2D eigenvalue weighted by atomic mass is 9.47. The lowest BCUT2D eigenvalue weighted by Gasteiger charge is -2.58. The number of allylic oxidation sites excluding steroid dienone is 2. The minimum atomic E-state index is -0.121. The van der Waals surface area contributed by atoms with Gasteiger partial charge in [0.1, 0.15) is 6.10 Å². The van der Waals surface area contributed by atoms with E-state index in [1.54, 1.807) is 5.57 Å². The van der Waals surface area contributed by atoms with Gasteiger partial charge in [0.25, 0.3) is 0 Å². The van der Waals surface area contributed by atoms with Crippen LogP contribution in [-0.4, -0.2) is 12.1 Å². The van der Waals surface area contributed by atoms with E-state index in [-0.39, 0.29) is 17.5 Å². The molecule has 0 N–H and O–H groups in total. The fraction of sp³-hybridized carbons (Fsp3) is 0.735. The molecule has 198 valence electrons. The van der Waals surface area contributed by atoms with E-state index in [9.17, 15) is 4.79 Å². The molecule has 2 heteroatoms. The second kappa shape index (κ2) is 10.3. The number of fused-ring (bicyclic) bond motifs is 5. The van der Waals surface area contributed by atoms with Crippen LogP contribution in [0.4, 0.5) is 0 Å². The Labute approximate surface area is 220 Å². The second-order valence-corrected chi connectivity index (χ2v) is 13.9. The molecule has 0 aliphatic heterocycles. The monoisotopic (exact) mass is 490 g/mol. The highest BCUT2D eigenvalue weighted by molar-refractivity contribution is 5.89. The lowest BCUT2D eigenvalue weighted by molar-refractivity contribution is -0.0579. The Balaban J connectivity index is 1.42. The highest BCUT2D eigenvalue weighted by Gasteiger charge is 2.62. The zero-order valence-corrected chi connectivity index (χ0v) is 23.6. The molecule has 36 heavy (non-hydrogen) atoms. The van der Waals surface area contributed by atoms with E-state index in [4.69, 9.17) is 4.74 Å². The number of rotatable bonds is 7. The van der Waals surface area contributed by atoms with Crippen LogP contribution >= 0.6 is 0 Å². The topological polar surface area (TPSA) is 26.3 Å². The van der Waals surface area contributed by atoms with Gasteiger partial charge in [-0.3, -0.25) is 0 Å². The molecule has 3 saturated carbocycles. The van der Waals surface area contributed by atoms with Crippen molar-refractivity contribution in [3.8, 4) is 0 Å². The van der Waals surface area contributed by atoms with E-state index in [0.29, 0.717) is 28.7 Å². The van der Waals surface area contributed by atoms with Crippen molar-refractivity contribution in [1.82, 2.24) is 0 Å². The predicted molar refractivity (Wildman–Crippen MR) is 149 cm³/mol. The van der Waals surface area contributed by atoms with Gasteiger partial charge in [-0.15, -0.1) is 0 Å². The quantitative estimate of drug-likeness (QED) is 0.281. The van der Waals surface area contributed by atoms with Crippen molar-refractivity contribution < 1.29 is 9.53 Å². The van der Waals surface area contributed by atoms with E-state index >= 15 is 0 Å². The van der Waals surface area contributed by atoms with Crippen LogP contribution in [0, 0.1) is 46.3 Å². The maximum absolute atomic E-state index is 13.3. The molecule has 8 atom stereocenters. The fourth-order valence-corrected chi connectivity index (χ4v) is 9.67. The maximum atomic E-state index is 13.3. The Morgan fingerprint density at radius 1 is 1.03 bits per heavy atom. The molecule has 2 nitrogen and oxygen atoms in total. The lowest BCUT2D eigenvalue weighted by Crippen LogP contribution is -2.50. The molecule has 0 radical (unpaired) electrons. The summed E-state index contributed by atoms with van der Waals surface area (Å²) in [5.74, 6) is 3.92. The van der Waals surface area contributed by atoms with Crippen molar-refractivity contribution in [2.24, 2.45) is 46.3 Å². The molecule has 8 unspecified atom stereocenters. The van der Waals surface area contributed by atoms with Crippen LogP contribution in [-0.2, 0) is 4.74 Å². The molecular formula is C34H50O2. The van der Waals surface area contributed by atoms with E-state index < -0.39 is 0 Å². The second-order valence-electron chi connectivity index (χ2n) is 13.9. The van der Waals surface area contributed by atoms with E-state index in [0.717, 1.165) is 24.2 Å². The average Bonchev–Trinajstić information content (AvgIpc) is 3.15. The highest BCUT2D eigenvalue weighted by atomic mass is 16.5. The summed E-state index contributed by atoms with van der Waals surface area (Å²) in [6, 6.07) is 9.67. The number of hydrogen-bond donors (Lipinski definition) is 0. The highest BCUT2D eigenvalue weighted by Crippen LogP contribution is 2.67. The number of esters is 1. The summed E-state index contributed by atoms with van der Waals surface area (Å²) < 4.78 is 6.47. The van der Waals surface area contributed by atoms with Gasteiger partial charge in [0, 0.05) is 5.92 Å². The van der Waals surface area contributed by atoms with Crippen LogP contribution in [0.15, 0.2) is 42.0 Å². The van der Waals surface area contributed by atoms with Crippen molar-refractivity contribution in [1.29, 1.82) is 0 Å². The van der Waals surface area contributed by atoms with Crippen LogP contribution in [0.2, 0.25) is 0 Å². The molecule has 0 saturated heterocycles. The van der Waals surface area contributed by atoms with E-state index in [1.807, 2.05) is 30.3 Å². The molecule has 0 amide bonds. The largest absolute Gasteiger partial charge is 0.458 e. The third kappa shape index (κ3) is 4.60. The Hall–Kier alpha value is -1.57. The van der Waals surface area contributed by atoms with Gasteiger partial charge < -0.3 is 4.74 Å². The van der Waals surface area contributed by atoms with Gasteiger partial charge >= 0.3 is 5.97 Å². The van der Waals surface area contributed by atoms with Crippen LogP contribution in [0.25, 0.3) is 0 Å². The third-order valence-electron chi connectivity index (χ3n) is 11.4. The Morgan fingerprint density at radius 2 is 1.81 bits per heavy atom. The van der Waals surface area contributed by atoms with Crippen molar-refractivity contribution in [2.45, 2.75) is 111 Å². The molecule has 4 aliphatic rings. The maximum Gasteiger partial charge on any atom is 0.338 e. The van der Waals surface area contributed by atoms with Crippen molar-refractivity contribution >= 4 is 5.97 Å². The molecule has 0 aromatic heterocycles. The number of hydrogen-bond acceptors (Lipinski definition) is 2. The smallest absolute Gasteiger partial charge is 0.338 e. The Kier molecular flexibility index (Phi) is 7.45. The Morgan fingerprint density at radius 3 is 2.56 bits per heavy atom. The summed E-state index contributed by atoms with van der Waals surface area (Å²) in [6.07, 6.45) is 17.0. The number of carbonyl (C=O) groups excluding carboxylic acids is 1. The summed E-state index contributed by atoms with van der Waals surface area (Å²) in [7, 11) is 0. The molecule has 3 fully saturated rings. The van der Waals surface area contributed by atoms with E-state index in [2.05, 4.69) is 40.7 Å². The summed E-state index contributed by atoms with van der Waals surface area (Å²) in [5.41, 5.74) is 3.17. The summed E-state index contributed by atoms with van der Waals surface area (Å²) >= 11 is 0. The van der Waals surface area contributed by atoms with Gasteiger partial charge in [0.15, 0.2) is 0 Å². The predicted octanol–water partition coefficient (Wildman–Crippen LogP) is 9.25. The fourth-order valence-electron chi connectivity index (χ4n) is 9.67. The van der Waals surface area contributed by atoms with Crippen LogP contribution in [0.5, 0.6) is 0 Å². The first-order chi connectivity index (χ1) is 17.2. The first-order valence-electron chi connectivity index (χ1n) is 15.2. The van der Waals surface area contributed by atoms with E-state index in [1.165, 1.54) is 64.2 Å². The Bertz CT molecular complexity index is 947. The van der Waals surface area contributed by atoms with Crippen LogP contribution < -0.4 is 0 Å². The zero-order valence-electron chi connectivity index (χ0n) is 23.6. The molecule has 5 rings (SSSR count). The molecule has 0 heterocycles. The van der Waals surface area contributed by atoms with Crippen molar-refractivity contribution in [2.75, 3.05) is 0 Å². The van der Waals surface area contributed by atoms with Gasteiger partial charge in [0.05, 0.1) is 5.56 Å². The summed E-state index contributed by atoms with van der Waals surface area (Å²) in [5, 5.41) is 0. The average molecular weight is 491 g/mol. The molecule has 0 spiro atoms. The van der Waals surface area contributed by atoms with Gasteiger partial charge in [0.2, 0.25) is 0 Å². The molecule has 1 aromatic rings.